The van der Waals surface area contributed by atoms with Crippen LogP contribution in [0.5, 0.6) is 0 Å². The van der Waals surface area contributed by atoms with Crippen LogP contribution in [0.1, 0.15) is 53.9 Å². The van der Waals surface area contributed by atoms with Crippen LogP contribution >= 0.6 is 0 Å². The number of hydrogen-bond donors (Lipinski definition) is 0. The van der Waals surface area contributed by atoms with Gasteiger partial charge in [-0.2, -0.15) is 0 Å². The van der Waals surface area contributed by atoms with Crippen molar-refractivity contribution in [1.29, 1.82) is 0 Å². The van der Waals surface area contributed by atoms with E-state index in [1.54, 1.807) is 0 Å². The largest absolute Gasteiger partial charge is 0.0776 e. The van der Waals surface area contributed by atoms with Crippen molar-refractivity contribution in [2.45, 2.75) is 53.9 Å². The molecular formula is C9H22. The molecule has 0 saturated carbocycles. The summed E-state index contributed by atoms with van der Waals surface area (Å²) in [5, 5.41) is 0. The fraction of sp³-hybridized carbons (Fsp3) is 1.00. The van der Waals surface area contributed by atoms with Gasteiger partial charge in [0.1, 0.15) is 0 Å². The van der Waals surface area contributed by atoms with Gasteiger partial charge in [0.05, 0.1) is 0 Å². The smallest absolute Gasteiger partial charge is 0.0471 e. The third-order valence-corrected chi connectivity index (χ3v) is 1.39. The van der Waals surface area contributed by atoms with Gasteiger partial charge in [0, 0.05) is 0 Å². The molecule has 0 radical (unpaired) electrons. The maximum Gasteiger partial charge on any atom is -0.0471 e. The van der Waals surface area contributed by atoms with Gasteiger partial charge in [0.2, 0.25) is 0 Å². The highest BCUT2D eigenvalue weighted by atomic mass is 14.0. The van der Waals surface area contributed by atoms with Gasteiger partial charge >= 0.3 is 0 Å². The zero-order valence-electron chi connectivity index (χ0n) is 6.41. The average Bonchev–Trinajstić information content (AvgIpc) is 1.66. The fourth-order valence-electron chi connectivity index (χ4n) is 0.803. The Hall–Kier alpha value is 0. The van der Waals surface area contributed by atoms with Gasteiger partial charge < -0.3 is 0 Å². The molecule has 0 N–H and O–H groups in total. The Morgan fingerprint density at radius 2 is 1.67 bits per heavy atom. The SMILES string of the molecule is C.CCCCCC(C)C. The lowest BCUT2D eigenvalue weighted by Crippen LogP contribution is -1.85. The maximum atomic E-state index is 2.29. The monoisotopic (exact) mass is 130 g/mol. The second-order valence-corrected chi connectivity index (χ2v) is 2.89. The maximum absolute atomic E-state index is 2.29. The molecule has 0 aliphatic carbocycles. The van der Waals surface area contributed by atoms with Crippen molar-refractivity contribution in [1.82, 2.24) is 0 Å². The molecule has 0 aliphatic rings. The van der Waals surface area contributed by atoms with E-state index in [-0.39, 0.29) is 7.43 Å². The van der Waals surface area contributed by atoms with E-state index in [1.807, 2.05) is 0 Å². The summed E-state index contributed by atoms with van der Waals surface area (Å²) < 4.78 is 0. The van der Waals surface area contributed by atoms with Crippen LogP contribution in [0.4, 0.5) is 0 Å². The topological polar surface area (TPSA) is 0 Å². The lowest BCUT2D eigenvalue weighted by atomic mass is 10.1. The predicted octanol–water partition coefficient (Wildman–Crippen LogP) is 3.86. The van der Waals surface area contributed by atoms with E-state index in [4.69, 9.17) is 0 Å². The Morgan fingerprint density at radius 1 is 1.11 bits per heavy atom. The van der Waals surface area contributed by atoms with Crippen molar-refractivity contribution < 1.29 is 0 Å². The normalized spacial score (nSPS) is 9.33. The minimum atomic E-state index is 0. The molecule has 0 amide bonds. The molecule has 0 aromatic carbocycles. The number of unbranched alkanes of at least 4 members (excludes halogenated alkanes) is 2. The standard InChI is InChI=1S/C8H18.CH4/c1-4-5-6-7-8(2)3;/h8H,4-7H2,1-3H3;1H4. The lowest BCUT2D eigenvalue weighted by molar-refractivity contribution is 0.534. The minimum absolute atomic E-state index is 0. The first-order valence-electron chi connectivity index (χ1n) is 3.77. The van der Waals surface area contributed by atoms with Crippen molar-refractivity contribution in [3.63, 3.8) is 0 Å². The van der Waals surface area contributed by atoms with E-state index < -0.39 is 0 Å². The van der Waals surface area contributed by atoms with Gasteiger partial charge in [-0.05, 0) is 5.92 Å². The second kappa shape index (κ2) is 8.00. The predicted molar refractivity (Wildman–Crippen MR) is 45.7 cm³/mol. The first-order chi connectivity index (χ1) is 3.77. The number of rotatable bonds is 4. The molecule has 0 aliphatic heterocycles. The highest BCUT2D eigenvalue weighted by molar-refractivity contribution is 4.44. The van der Waals surface area contributed by atoms with Gasteiger partial charge in [-0.15, -0.1) is 0 Å². The molecule has 58 valence electrons. The molecule has 0 rings (SSSR count). The first-order valence-corrected chi connectivity index (χ1v) is 3.77. The van der Waals surface area contributed by atoms with Crippen molar-refractivity contribution in [2.75, 3.05) is 0 Å². The molecule has 0 spiro atoms. The molecule has 0 saturated heterocycles. The molecule has 0 aromatic heterocycles. The Labute approximate surface area is 60.7 Å². The second-order valence-electron chi connectivity index (χ2n) is 2.89. The average molecular weight is 130 g/mol. The van der Waals surface area contributed by atoms with Crippen molar-refractivity contribution in [3.05, 3.63) is 0 Å². The van der Waals surface area contributed by atoms with Crippen LogP contribution < -0.4 is 0 Å². The Kier molecular flexibility index (Phi) is 10.4. The van der Waals surface area contributed by atoms with Gasteiger partial charge in [-0.3, -0.25) is 0 Å². The van der Waals surface area contributed by atoms with Gasteiger partial charge in [-0.1, -0.05) is 53.9 Å². The summed E-state index contributed by atoms with van der Waals surface area (Å²) in [4.78, 5) is 0. The first kappa shape index (κ1) is 11.8. The number of hydrogen-bond acceptors (Lipinski definition) is 0. The van der Waals surface area contributed by atoms with Crippen LogP contribution in [-0.2, 0) is 0 Å². The summed E-state index contributed by atoms with van der Waals surface area (Å²) in [5.41, 5.74) is 0. The van der Waals surface area contributed by atoms with E-state index in [1.165, 1.54) is 25.7 Å². The van der Waals surface area contributed by atoms with Crippen molar-refractivity contribution in [3.8, 4) is 0 Å². The van der Waals surface area contributed by atoms with Crippen LogP contribution in [0.15, 0.2) is 0 Å². The molecule has 0 aromatic rings. The van der Waals surface area contributed by atoms with Crippen LogP contribution in [-0.4, -0.2) is 0 Å². The molecule has 0 heterocycles. The molecule has 0 bridgehead atoms. The highest BCUT2D eigenvalue weighted by Gasteiger charge is 1.90. The summed E-state index contributed by atoms with van der Waals surface area (Å²) in [5.74, 6) is 0.904. The van der Waals surface area contributed by atoms with E-state index in [2.05, 4.69) is 20.8 Å². The quantitative estimate of drug-likeness (QED) is 0.507. The van der Waals surface area contributed by atoms with E-state index in [0.717, 1.165) is 5.92 Å². The molecule has 9 heavy (non-hydrogen) atoms. The van der Waals surface area contributed by atoms with E-state index in [0.29, 0.717) is 0 Å². The Morgan fingerprint density at radius 3 is 2.00 bits per heavy atom. The van der Waals surface area contributed by atoms with Crippen LogP contribution in [0.2, 0.25) is 0 Å². The van der Waals surface area contributed by atoms with E-state index in [9.17, 15) is 0 Å². The Balaban J connectivity index is 0. The molecule has 0 fully saturated rings. The zero-order chi connectivity index (χ0) is 6.41. The Bertz CT molecular complexity index is 37.3. The van der Waals surface area contributed by atoms with Crippen LogP contribution in [0, 0.1) is 5.92 Å². The van der Waals surface area contributed by atoms with Gasteiger partial charge in [-0.25, -0.2) is 0 Å². The molecule has 0 heteroatoms. The van der Waals surface area contributed by atoms with Crippen molar-refractivity contribution >= 4 is 0 Å². The summed E-state index contributed by atoms with van der Waals surface area (Å²) >= 11 is 0. The van der Waals surface area contributed by atoms with Gasteiger partial charge in [0.25, 0.3) is 0 Å². The molecule has 0 nitrogen and oxygen atoms in total. The molecular weight excluding hydrogens is 108 g/mol. The lowest BCUT2D eigenvalue weighted by Gasteiger charge is -2.00. The summed E-state index contributed by atoms with van der Waals surface area (Å²) in [7, 11) is 0. The summed E-state index contributed by atoms with van der Waals surface area (Å²) in [6.07, 6.45) is 5.60. The van der Waals surface area contributed by atoms with Crippen molar-refractivity contribution in [2.24, 2.45) is 5.92 Å². The fourth-order valence-corrected chi connectivity index (χ4v) is 0.803. The van der Waals surface area contributed by atoms with Gasteiger partial charge in [0.15, 0.2) is 0 Å². The summed E-state index contributed by atoms with van der Waals surface area (Å²) in [6, 6.07) is 0. The highest BCUT2D eigenvalue weighted by Crippen LogP contribution is 2.06. The summed E-state index contributed by atoms with van der Waals surface area (Å²) in [6.45, 7) is 6.83. The third kappa shape index (κ3) is 11.5. The van der Waals surface area contributed by atoms with Crippen LogP contribution in [0.25, 0.3) is 0 Å². The zero-order valence-corrected chi connectivity index (χ0v) is 6.41. The third-order valence-electron chi connectivity index (χ3n) is 1.39. The molecule has 0 unspecified atom stereocenters. The molecule has 0 atom stereocenters. The van der Waals surface area contributed by atoms with Crippen LogP contribution in [0.3, 0.4) is 0 Å². The van der Waals surface area contributed by atoms with E-state index >= 15 is 0 Å². The minimum Gasteiger partial charge on any atom is -0.0776 e.